The topological polar surface area (TPSA) is 38.3 Å². The van der Waals surface area contributed by atoms with Crippen molar-refractivity contribution in [2.75, 3.05) is 19.3 Å². The Hall–Kier alpha value is 0.0700. The molecule has 0 aliphatic carbocycles. The highest BCUT2D eigenvalue weighted by molar-refractivity contribution is 7.79. The van der Waals surface area contributed by atoms with Crippen molar-refractivity contribution >= 4 is 11.1 Å². The maximum Gasteiger partial charge on any atom is 0.152 e. The predicted octanol–water partition coefficient (Wildman–Crippen LogP) is -0.342. The molecule has 0 bridgehead atoms. The molecule has 0 aromatic carbocycles. The molecular weight excluding hydrogens is 138 g/mol. The predicted molar refractivity (Wildman–Crippen MR) is 36.4 cm³/mol. The third kappa shape index (κ3) is 2.43. The second kappa shape index (κ2) is 3.29. The number of hydrogen-bond acceptors (Lipinski definition) is 3. The minimum atomic E-state index is -1.10. The minimum Gasteiger partial charge on any atom is -0.314 e. The third-order valence-electron chi connectivity index (χ3n) is 1.29. The van der Waals surface area contributed by atoms with Gasteiger partial charge in [-0.3, -0.25) is 4.18 Å². The molecule has 4 heteroatoms. The van der Waals surface area contributed by atoms with Crippen molar-refractivity contribution in [1.29, 1.82) is 0 Å². The van der Waals surface area contributed by atoms with Crippen molar-refractivity contribution in [3.05, 3.63) is 0 Å². The normalized spacial score (nSPS) is 30.6. The molecular formula is C5H11NO2S. The van der Waals surface area contributed by atoms with Crippen molar-refractivity contribution in [2.24, 2.45) is 0 Å². The molecule has 3 nitrogen and oxygen atoms in total. The van der Waals surface area contributed by atoms with Crippen molar-refractivity contribution in [2.45, 2.75) is 12.5 Å². The zero-order valence-corrected chi connectivity index (χ0v) is 6.24. The lowest BCUT2D eigenvalue weighted by molar-refractivity contribution is 0.250. The molecule has 1 heterocycles. The van der Waals surface area contributed by atoms with Crippen molar-refractivity contribution in [3.8, 4) is 0 Å². The molecule has 0 amide bonds. The molecule has 1 N–H and O–H groups in total. The molecule has 0 aromatic heterocycles. The van der Waals surface area contributed by atoms with E-state index in [9.17, 15) is 4.21 Å². The van der Waals surface area contributed by atoms with Gasteiger partial charge in [-0.15, -0.1) is 0 Å². The first-order valence-corrected chi connectivity index (χ1v) is 4.48. The van der Waals surface area contributed by atoms with E-state index in [1.165, 1.54) is 0 Å². The molecule has 0 spiro atoms. The Morgan fingerprint density at radius 3 is 3.00 bits per heavy atom. The zero-order chi connectivity index (χ0) is 6.69. The molecule has 0 radical (unpaired) electrons. The Kier molecular flexibility index (Phi) is 2.63. The van der Waals surface area contributed by atoms with Crippen LogP contribution in [-0.4, -0.2) is 29.7 Å². The van der Waals surface area contributed by atoms with E-state index in [4.69, 9.17) is 4.18 Å². The van der Waals surface area contributed by atoms with E-state index >= 15 is 0 Å². The summed E-state index contributed by atoms with van der Waals surface area (Å²) in [6, 6.07) is 0. The van der Waals surface area contributed by atoms with Gasteiger partial charge in [-0.1, -0.05) is 0 Å². The first-order valence-electron chi connectivity index (χ1n) is 3.00. The van der Waals surface area contributed by atoms with Crippen LogP contribution in [-0.2, 0) is 15.3 Å². The van der Waals surface area contributed by atoms with Crippen LogP contribution in [0.25, 0.3) is 0 Å². The Labute approximate surface area is 57.4 Å². The maximum atomic E-state index is 10.5. The van der Waals surface area contributed by atoms with Gasteiger partial charge in [0.25, 0.3) is 0 Å². The van der Waals surface area contributed by atoms with Crippen LogP contribution >= 0.6 is 0 Å². The smallest absolute Gasteiger partial charge is 0.152 e. The molecule has 54 valence electrons. The molecule has 1 rings (SSSR count). The van der Waals surface area contributed by atoms with Crippen molar-refractivity contribution in [3.63, 3.8) is 0 Å². The first kappa shape index (κ1) is 7.18. The van der Waals surface area contributed by atoms with Gasteiger partial charge < -0.3 is 5.32 Å². The standard InChI is InChI=1S/C5H11NO2S/c1-9(7)8-5-2-3-6-4-5/h5-6H,2-4H2,1H3. The molecule has 0 aromatic rings. The van der Waals surface area contributed by atoms with Crippen LogP contribution in [0.5, 0.6) is 0 Å². The van der Waals surface area contributed by atoms with E-state index in [0.29, 0.717) is 0 Å². The highest BCUT2D eigenvalue weighted by atomic mass is 32.2. The largest absolute Gasteiger partial charge is 0.314 e. The van der Waals surface area contributed by atoms with E-state index in [0.717, 1.165) is 19.5 Å². The fourth-order valence-electron chi connectivity index (χ4n) is 0.902. The first-order chi connectivity index (χ1) is 4.29. The van der Waals surface area contributed by atoms with Crippen molar-refractivity contribution < 1.29 is 8.39 Å². The number of nitrogens with one attached hydrogen (secondary N) is 1. The molecule has 1 aliphatic rings. The Morgan fingerprint density at radius 2 is 2.56 bits per heavy atom. The van der Waals surface area contributed by atoms with Gasteiger partial charge >= 0.3 is 0 Å². The molecule has 0 saturated carbocycles. The lowest BCUT2D eigenvalue weighted by Gasteiger charge is -2.04. The summed E-state index contributed by atoms with van der Waals surface area (Å²) in [4.78, 5) is 0. The summed E-state index contributed by atoms with van der Waals surface area (Å²) >= 11 is -1.10. The summed E-state index contributed by atoms with van der Waals surface area (Å²) in [6.07, 6.45) is 2.72. The molecule has 1 fully saturated rings. The molecule has 9 heavy (non-hydrogen) atoms. The average Bonchev–Trinajstić information content (AvgIpc) is 2.15. The van der Waals surface area contributed by atoms with E-state index in [2.05, 4.69) is 5.32 Å². The van der Waals surface area contributed by atoms with Crippen molar-refractivity contribution in [1.82, 2.24) is 5.32 Å². The zero-order valence-electron chi connectivity index (χ0n) is 5.42. The lowest BCUT2D eigenvalue weighted by Crippen LogP contribution is -2.17. The van der Waals surface area contributed by atoms with Gasteiger partial charge in [0.05, 0.1) is 6.10 Å². The third-order valence-corrected chi connectivity index (χ3v) is 1.83. The monoisotopic (exact) mass is 149 g/mol. The summed E-state index contributed by atoms with van der Waals surface area (Å²) in [6.45, 7) is 1.83. The minimum absolute atomic E-state index is 0.177. The van der Waals surface area contributed by atoms with Crippen LogP contribution in [0, 0.1) is 0 Å². The summed E-state index contributed by atoms with van der Waals surface area (Å²) < 4.78 is 15.5. The van der Waals surface area contributed by atoms with E-state index in [-0.39, 0.29) is 6.10 Å². The summed E-state index contributed by atoms with van der Waals surface area (Å²) in [5, 5.41) is 3.12. The second-order valence-corrected chi connectivity index (χ2v) is 3.11. The number of hydrogen-bond donors (Lipinski definition) is 1. The van der Waals surface area contributed by atoms with Crippen LogP contribution in [0.2, 0.25) is 0 Å². The van der Waals surface area contributed by atoms with Gasteiger partial charge in [-0.05, 0) is 13.0 Å². The lowest BCUT2D eigenvalue weighted by atomic mass is 10.3. The van der Waals surface area contributed by atoms with Gasteiger partial charge in [0, 0.05) is 12.8 Å². The fourth-order valence-corrected chi connectivity index (χ4v) is 1.45. The Morgan fingerprint density at radius 1 is 1.78 bits per heavy atom. The Bertz CT molecular complexity index is 112. The van der Waals surface area contributed by atoms with Gasteiger partial charge in [-0.2, -0.15) is 0 Å². The van der Waals surface area contributed by atoms with Crippen LogP contribution < -0.4 is 5.32 Å². The van der Waals surface area contributed by atoms with E-state index in [1.807, 2.05) is 0 Å². The van der Waals surface area contributed by atoms with E-state index in [1.54, 1.807) is 6.26 Å². The van der Waals surface area contributed by atoms with Gasteiger partial charge in [-0.25, -0.2) is 4.21 Å². The highest BCUT2D eigenvalue weighted by Crippen LogP contribution is 2.03. The van der Waals surface area contributed by atoms with Crippen LogP contribution in [0.4, 0.5) is 0 Å². The van der Waals surface area contributed by atoms with Crippen LogP contribution in [0.1, 0.15) is 6.42 Å². The molecule has 1 saturated heterocycles. The quantitative estimate of drug-likeness (QED) is 0.583. The second-order valence-electron chi connectivity index (χ2n) is 2.11. The average molecular weight is 149 g/mol. The van der Waals surface area contributed by atoms with Gasteiger partial charge in [0.15, 0.2) is 11.1 Å². The number of rotatable bonds is 2. The van der Waals surface area contributed by atoms with Gasteiger partial charge in [0.1, 0.15) is 0 Å². The van der Waals surface area contributed by atoms with Gasteiger partial charge in [0.2, 0.25) is 0 Å². The molecule has 2 atom stereocenters. The SMILES string of the molecule is CS(=O)OC1CCNC1. The Balaban J connectivity index is 2.19. The highest BCUT2D eigenvalue weighted by Gasteiger charge is 2.15. The van der Waals surface area contributed by atoms with Crippen LogP contribution in [0.15, 0.2) is 0 Å². The van der Waals surface area contributed by atoms with E-state index < -0.39 is 11.1 Å². The summed E-state index contributed by atoms with van der Waals surface area (Å²) in [5.41, 5.74) is 0. The fraction of sp³-hybridized carbons (Fsp3) is 1.00. The maximum absolute atomic E-state index is 10.5. The summed E-state index contributed by atoms with van der Waals surface area (Å²) in [5.74, 6) is 0. The molecule has 2 unspecified atom stereocenters. The summed E-state index contributed by atoms with van der Waals surface area (Å²) in [7, 11) is 0. The molecule has 1 aliphatic heterocycles. The van der Waals surface area contributed by atoms with Crippen LogP contribution in [0.3, 0.4) is 0 Å².